The number of aryl methyl sites for hydroxylation is 1. The highest BCUT2D eigenvalue weighted by molar-refractivity contribution is 5.93. The highest BCUT2D eigenvalue weighted by Crippen LogP contribution is 2.30. The first-order chi connectivity index (χ1) is 17.8. The van der Waals surface area contributed by atoms with E-state index in [0.717, 1.165) is 36.0 Å². The molecule has 0 aliphatic carbocycles. The zero-order chi connectivity index (χ0) is 24.8. The molecule has 0 fully saturated rings. The van der Waals surface area contributed by atoms with Crippen molar-refractivity contribution in [3.05, 3.63) is 138 Å². The highest BCUT2D eigenvalue weighted by Gasteiger charge is 2.08. The smallest absolute Gasteiger partial charge is 0.162 e. The Bertz CT molecular complexity index is 1230. The molecule has 3 heteroatoms. The molecule has 0 radical (unpaired) electrons. The van der Waals surface area contributed by atoms with Crippen molar-refractivity contribution in [3.63, 3.8) is 0 Å². The number of hydrogen-bond acceptors (Lipinski definition) is 3. The Labute approximate surface area is 214 Å². The molecule has 4 aromatic rings. The molecule has 0 saturated carbocycles. The third-order valence-corrected chi connectivity index (χ3v) is 5.89. The third kappa shape index (κ3) is 8.28. The van der Waals surface area contributed by atoms with Gasteiger partial charge in [0, 0.05) is 6.42 Å². The maximum absolute atomic E-state index is 12.4. The van der Waals surface area contributed by atoms with Crippen LogP contribution in [0.3, 0.4) is 0 Å². The maximum Gasteiger partial charge on any atom is 0.162 e. The fourth-order valence-electron chi connectivity index (χ4n) is 3.88. The number of carbonyl (C=O) groups is 1. The molecule has 0 aromatic heterocycles. The Kier molecular flexibility index (Phi) is 9.51. The Morgan fingerprint density at radius 3 is 1.78 bits per heavy atom. The molecule has 0 spiro atoms. The minimum absolute atomic E-state index is 0.138. The highest BCUT2D eigenvalue weighted by atomic mass is 16.5. The summed E-state index contributed by atoms with van der Waals surface area (Å²) in [5.41, 5.74) is 4.40. The molecule has 0 saturated heterocycles. The fraction of sp³-hybridized carbons (Fsp3) is 0.182. The molecule has 0 heterocycles. The lowest BCUT2D eigenvalue weighted by atomic mass is 10.1. The predicted molar refractivity (Wildman–Crippen MR) is 146 cm³/mol. The monoisotopic (exact) mass is 476 g/mol. The summed E-state index contributed by atoms with van der Waals surface area (Å²) in [4.78, 5) is 12.4. The molecular formula is C33H32O3. The van der Waals surface area contributed by atoms with Crippen LogP contribution in [0.4, 0.5) is 0 Å². The van der Waals surface area contributed by atoms with E-state index in [1.807, 2.05) is 91.0 Å². The largest absolute Gasteiger partial charge is 0.485 e. The number of unbranched alkanes of at least 4 members (excludes halogenated alkanes) is 1. The lowest BCUT2D eigenvalue weighted by Crippen LogP contribution is -2.01. The van der Waals surface area contributed by atoms with Crippen LogP contribution in [0.25, 0.3) is 6.08 Å². The van der Waals surface area contributed by atoms with E-state index in [9.17, 15) is 4.79 Å². The summed E-state index contributed by atoms with van der Waals surface area (Å²) in [5, 5.41) is 0. The number of hydrogen-bond donors (Lipinski definition) is 0. The molecule has 0 atom stereocenters. The van der Waals surface area contributed by atoms with Crippen LogP contribution in [0.1, 0.15) is 41.5 Å². The van der Waals surface area contributed by atoms with Crippen LogP contribution < -0.4 is 9.47 Å². The van der Waals surface area contributed by atoms with E-state index in [4.69, 9.17) is 9.47 Å². The number of allylic oxidation sites excluding steroid dienone is 1. The number of carbonyl (C=O) groups excluding carboxylic acids is 1. The summed E-state index contributed by atoms with van der Waals surface area (Å²) in [6, 6.07) is 36.3. The lowest BCUT2D eigenvalue weighted by Gasteiger charge is -2.14. The van der Waals surface area contributed by atoms with Crippen molar-refractivity contribution in [2.45, 2.75) is 38.9 Å². The second-order valence-corrected chi connectivity index (χ2v) is 8.75. The van der Waals surface area contributed by atoms with Gasteiger partial charge in [0.05, 0.1) is 0 Å². The van der Waals surface area contributed by atoms with Gasteiger partial charge in [0.2, 0.25) is 0 Å². The van der Waals surface area contributed by atoms with Crippen molar-refractivity contribution in [2.75, 3.05) is 0 Å². The fourth-order valence-corrected chi connectivity index (χ4v) is 3.88. The van der Waals surface area contributed by atoms with Gasteiger partial charge in [-0.05, 0) is 59.7 Å². The van der Waals surface area contributed by atoms with Crippen molar-refractivity contribution in [1.29, 1.82) is 0 Å². The second kappa shape index (κ2) is 13.7. The minimum atomic E-state index is 0.138. The number of rotatable bonds is 13. The van der Waals surface area contributed by atoms with Gasteiger partial charge in [0.25, 0.3) is 0 Å². The van der Waals surface area contributed by atoms with Crippen LogP contribution >= 0.6 is 0 Å². The summed E-state index contributed by atoms with van der Waals surface area (Å²) in [7, 11) is 0. The first kappa shape index (κ1) is 25.0. The average molecular weight is 477 g/mol. The van der Waals surface area contributed by atoms with Gasteiger partial charge in [0.15, 0.2) is 17.3 Å². The van der Waals surface area contributed by atoms with E-state index in [1.54, 1.807) is 6.08 Å². The normalized spacial score (nSPS) is 10.9. The molecule has 0 aliphatic rings. The van der Waals surface area contributed by atoms with Gasteiger partial charge < -0.3 is 9.47 Å². The van der Waals surface area contributed by atoms with Crippen LogP contribution in [-0.2, 0) is 24.4 Å². The molecule has 0 bridgehead atoms. The van der Waals surface area contributed by atoms with E-state index in [2.05, 4.69) is 24.3 Å². The van der Waals surface area contributed by atoms with Crippen LogP contribution in [0.15, 0.2) is 115 Å². The Morgan fingerprint density at radius 2 is 1.17 bits per heavy atom. The predicted octanol–water partition coefficient (Wildman–Crippen LogP) is 7.84. The molecule has 0 aliphatic heterocycles. The van der Waals surface area contributed by atoms with Crippen molar-refractivity contribution in [2.24, 2.45) is 0 Å². The van der Waals surface area contributed by atoms with Gasteiger partial charge in [-0.2, -0.15) is 0 Å². The van der Waals surface area contributed by atoms with E-state index in [0.29, 0.717) is 31.1 Å². The van der Waals surface area contributed by atoms with E-state index < -0.39 is 0 Å². The quantitative estimate of drug-likeness (QED) is 0.146. The number of benzene rings is 4. The zero-order valence-electron chi connectivity index (χ0n) is 20.5. The van der Waals surface area contributed by atoms with Gasteiger partial charge in [-0.25, -0.2) is 0 Å². The average Bonchev–Trinajstić information content (AvgIpc) is 2.94. The third-order valence-electron chi connectivity index (χ3n) is 5.89. The summed E-state index contributed by atoms with van der Waals surface area (Å²) < 4.78 is 12.2. The van der Waals surface area contributed by atoms with Crippen molar-refractivity contribution >= 4 is 11.9 Å². The zero-order valence-corrected chi connectivity index (χ0v) is 20.5. The van der Waals surface area contributed by atoms with Gasteiger partial charge >= 0.3 is 0 Å². The van der Waals surface area contributed by atoms with Crippen LogP contribution in [-0.4, -0.2) is 5.78 Å². The van der Waals surface area contributed by atoms with E-state index in [-0.39, 0.29) is 5.78 Å². The molecule has 4 rings (SSSR count). The number of ketones is 1. The summed E-state index contributed by atoms with van der Waals surface area (Å²) in [5.74, 6) is 1.48. The molecule has 182 valence electrons. The van der Waals surface area contributed by atoms with E-state index >= 15 is 0 Å². The Balaban J connectivity index is 1.36. The maximum atomic E-state index is 12.4. The molecule has 0 unspecified atom stereocenters. The molecule has 0 N–H and O–H groups in total. The van der Waals surface area contributed by atoms with Gasteiger partial charge in [-0.3, -0.25) is 4.79 Å². The van der Waals surface area contributed by atoms with Gasteiger partial charge in [0.1, 0.15) is 13.2 Å². The summed E-state index contributed by atoms with van der Waals surface area (Å²) in [6.45, 7) is 0.898. The lowest BCUT2D eigenvalue weighted by molar-refractivity contribution is -0.114. The SMILES string of the molecule is O=C(C=Cc1ccc(OCc2ccccc2)c(OCc2ccccc2)c1)CCCCc1ccccc1. The standard InChI is InChI=1S/C33H32O3/c34-31(19-11-10-14-27-12-4-1-5-13-27)22-20-28-21-23-32(35-25-29-15-6-2-7-16-29)33(24-28)36-26-30-17-8-3-9-18-30/h1-9,12-13,15-18,20-24H,10-11,14,19,25-26H2. The Hall–Kier alpha value is -4.11. The first-order valence-electron chi connectivity index (χ1n) is 12.5. The van der Waals surface area contributed by atoms with Gasteiger partial charge in [-0.15, -0.1) is 0 Å². The van der Waals surface area contributed by atoms with Crippen molar-refractivity contribution in [3.8, 4) is 11.5 Å². The Morgan fingerprint density at radius 1 is 0.611 bits per heavy atom. The van der Waals surface area contributed by atoms with Crippen molar-refractivity contribution in [1.82, 2.24) is 0 Å². The van der Waals surface area contributed by atoms with Crippen molar-refractivity contribution < 1.29 is 14.3 Å². The topological polar surface area (TPSA) is 35.5 Å². The molecular weight excluding hydrogens is 444 g/mol. The molecule has 0 amide bonds. The van der Waals surface area contributed by atoms with Gasteiger partial charge in [-0.1, -0.05) is 103 Å². The van der Waals surface area contributed by atoms with Crippen LogP contribution in [0, 0.1) is 0 Å². The van der Waals surface area contributed by atoms with E-state index in [1.165, 1.54) is 5.56 Å². The van der Waals surface area contributed by atoms with Crippen LogP contribution in [0.5, 0.6) is 11.5 Å². The number of ether oxygens (including phenoxy) is 2. The second-order valence-electron chi connectivity index (χ2n) is 8.75. The molecule has 3 nitrogen and oxygen atoms in total. The molecule has 36 heavy (non-hydrogen) atoms. The summed E-state index contributed by atoms with van der Waals surface area (Å²) >= 11 is 0. The molecule has 4 aromatic carbocycles. The minimum Gasteiger partial charge on any atom is -0.485 e. The van der Waals surface area contributed by atoms with Crippen LogP contribution in [0.2, 0.25) is 0 Å². The summed E-state index contributed by atoms with van der Waals surface area (Å²) in [6.07, 6.45) is 6.98. The first-order valence-corrected chi connectivity index (χ1v) is 12.5.